The van der Waals surface area contributed by atoms with Gasteiger partial charge in [0.1, 0.15) is 34.4 Å². The fourth-order valence-corrected chi connectivity index (χ4v) is 9.95. The number of ketones is 2. The number of nitrogens with one attached hydrogen (secondary N) is 6. The van der Waals surface area contributed by atoms with E-state index in [-0.39, 0.29) is 55.2 Å². The van der Waals surface area contributed by atoms with Gasteiger partial charge in [0.25, 0.3) is 11.8 Å². The summed E-state index contributed by atoms with van der Waals surface area (Å²) in [6, 6.07) is 34.7. The summed E-state index contributed by atoms with van der Waals surface area (Å²) in [5.41, 5.74) is 7.73. The van der Waals surface area contributed by atoms with E-state index in [1.807, 2.05) is 13.8 Å². The van der Waals surface area contributed by atoms with Crippen LogP contribution in [0.15, 0.2) is 165 Å². The van der Waals surface area contributed by atoms with Crippen molar-refractivity contribution in [3.63, 3.8) is 0 Å². The number of hydrogen-bond acceptors (Lipinski definition) is 16. The molecule has 22 heteroatoms. The van der Waals surface area contributed by atoms with Gasteiger partial charge < -0.3 is 29.6 Å². The lowest BCUT2D eigenvalue weighted by Gasteiger charge is -2.18. The summed E-state index contributed by atoms with van der Waals surface area (Å²) in [5, 5.41) is 14.2. The standard InChI is InChI=1S/C54H50N8O12S2/c1-5-73-37-19-15-35(16-20-37)57-53(65)43-29-33-11-7-9-13-41(33)49(51(43)63)61-59-45-31-39(23-25-47(45)71-3)75(67,68)55-27-28-56-76(69,70)40-24-26-48(72-4)46(32-40)60-62-50-42-14-10-8-12-34(42)30-44(52(50)64)54(66)58-36-17-21-38(22-18-36)74-6-2/h7-26,29-32,55-56,59-60H,5-6,27-28H2,1-4H3,(H,57,65)(H,58,66)/b61-49-,62-50-. The van der Waals surface area contributed by atoms with E-state index >= 15 is 0 Å². The van der Waals surface area contributed by atoms with Crippen LogP contribution in [0.4, 0.5) is 22.7 Å². The maximum absolute atomic E-state index is 13.9. The van der Waals surface area contributed by atoms with Crippen LogP contribution in [0.2, 0.25) is 0 Å². The number of rotatable bonds is 21. The predicted octanol–water partition coefficient (Wildman–Crippen LogP) is 6.60. The Bertz CT molecular complexity index is 3360. The Labute approximate surface area is 438 Å². The number of nitrogens with zero attached hydrogens (tertiary/aromatic N) is 2. The summed E-state index contributed by atoms with van der Waals surface area (Å²) in [4.78, 5) is 54.2. The molecule has 0 aliphatic heterocycles. The highest BCUT2D eigenvalue weighted by Gasteiger charge is 2.32. The van der Waals surface area contributed by atoms with Crippen molar-refractivity contribution >= 4 is 89.8 Å². The van der Waals surface area contributed by atoms with Gasteiger partial charge in [-0.2, -0.15) is 10.2 Å². The predicted molar refractivity (Wildman–Crippen MR) is 288 cm³/mol. The van der Waals surface area contributed by atoms with Crippen LogP contribution < -0.4 is 49.9 Å². The van der Waals surface area contributed by atoms with Crippen LogP contribution in [0.25, 0.3) is 12.2 Å². The minimum Gasteiger partial charge on any atom is -0.495 e. The molecule has 0 aromatic heterocycles. The molecule has 390 valence electrons. The Morgan fingerprint density at radius 1 is 0.513 bits per heavy atom. The fraction of sp³-hybridized carbons (Fsp3) is 0.148. The lowest BCUT2D eigenvalue weighted by molar-refractivity contribution is -0.118. The zero-order valence-electron chi connectivity index (χ0n) is 41.3. The van der Waals surface area contributed by atoms with Gasteiger partial charge >= 0.3 is 0 Å². The zero-order chi connectivity index (χ0) is 54.0. The van der Waals surface area contributed by atoms with Crippen molar-refractivity contribution in [2.75, 3.05) is 62.0 Å². The number of methoxy groups -OCH3 is 2. The summed E-state index contributed by atoms with van der Waals surface area (Å²) in [5.74, 6) is -1.20. The topological polar surface area (TPSA) is 270 Å². The largest absolute Gasteiger partial charge is 0.495 e. The molecule has 6 aromatic carbocycles. The van der Waals surface area contributed by atoms with Crippen LogP contribution in [-0.4, -0.2) is 92.2 Å². The summed E-state index contributed by atoms with van der Waals surface area (Å²) in [7, 11) is -5.90. The average molecular weight is 1070 g/mol. The smallest absolute Gasteiger partial charge is 0.259 e. The van der Waals surface area contributed by atoms with Crippen molar-refractivity contribution in [1.82, 2.24) is 9.44 Å². The molecule has 8 rings (SSSR count). The number of amides is 2. The van der Waals surface area contributed by atoms with Crippen molar-refractivity contribution in [2.45, 2.75) is 23.6 Å². The molecular formula is C54H50N8O12S2. The number of benzene rings is 6. The zero-order valence-corrected chi connectivity index (χ0v) is 42.9. The first-order valence-electron chi connectivity index (χ1n) is 23.5. The molecule has 0 fully saturated rings. The quantitative estimate of drug-likeness (QED) is 0.0252. The Kier molecular flexibility index (Phi) is 16.5. The number of hydrazone groups is 2. The number of anilines is 4. The number of Topliss-reactive ketones (excluding diaryl/α,β-unsaturated/α-hetero) is 2. The van der Waals surface area contributed by atoms with Gasteiger partial charge in [0.05, 0.1) is 59.7 Å². The van der Waals surface area contributed by atoms with E-state index in [4.69, 9.17) is 18.9 Å². The number of carbonyl (C=O) groups excluding carboxylic acids is 4. The lowest BCUT2D eigenvalue weighted by Crippen LogP contribution is -2.34. The third kappa shape index (κ3) is 12.2. The van der Waals surface area contributed by atoms with Crippen LogP contribution in [0, 0.1) is 0 Å². The van der Waals surface area contributed by atoms with Gasteiger partial charge in [-0.25, -0.2) is 26.3 Å². The molecule has 0 spiro atoms. The van der Waals surface area contributed by atoms with Gasteiger partial charge in [-0.15, -0.1) is 0 Å². The maximum atomic E-state index is 13.9. The van der Waals surface area contributed by atoms with Gasteiger partial charge in [0.15, 0.2) is 0 Å². The Balaban J connectivity index is 0.926. The summed E-state index contributed by atoms with van der Waals surface area (Å²) >= 11 is 0. The maximum Gasteiger partial charge on any atom is 0.259 e. The van der Waals surface area contributed by atoms with Crippen molar-refractivity contribution in [3.05, 3.63) is 167 Å². The minimum absolute atomic E-state index is 0.0485. The van der Waals surface area contributed by atoms with Crippen molar-refractivity contribution < 1.29 is 55.0 Å². The monoisotopic (exact) mass is 1070 g/mol. The number of fused-ring (bicyclic) bond motifs is 2. The molecule has 6 N–H and O–H groups in total. The van der Waals surface area contributed by atoms with Gasteiger partial charge in [0, 0.05) is 35.6 Å². The van der Waals surface area contributed by atoms with E-state index < -0.39 is 56.5 Å². The molecule has 6 aromatic rings. The molecule has 2 amide bonds. The van der Waals surface area contributed by atoms with Crippen molar-refractivity contribution in [3.8, 4) is 23.0 Å². The molecular weight excluding hydrogens is 1020 g/mol. The number of sulfonamides is 2. The third-order valence-corrected chi connectivity index (χ3v) is 14.5. The molecule has 0 saturated carbocycles. The first kappa shape index (κ1) is 53.3. The second-order valence-electron chi connectivity index (χ2n) is 16.4. The molecule has 76 heavy (non-hydrogen) atoms. The third-order valence-electron chi connectivity index (χ3n) is 11.5. The molecule has 20 nitrogen and oxygen atoms in total. The van der Waals surface area contributed by atoms with Crippen LogP contribution in [-0.2, 0) is 39.2 Å². The van der Waals surface area contributed by atoms with Crippen molar-refractivity contribution in [2.24, 2.45) is 10.2 Å². The van der Waals surface area contributed by atoms with E-state index in [9.17, 15) is 36.0 Å². The van der Waals surface area contributed by atoms with Crippen LogP contribution in [0.5, 0.6) is 23.0 Å². The Morgan fingerprint density at radius 2 is 0.895 bits per heavy atom. The van der Waals surface area contributed by atoms with Crippen LogP contribution in [0.3, 0.4) is 0 Å². The molecule has 0 saturated heterocycles. The highest BCUT2D eigenvalue weighted by molar-refractivity contribution is 7.90. The van der Waals surface area contributed by atoms with E-state index in [0.29, 0.717) is 58.3 Å². The van der Waals surface area contributed by atoms with Gasteiger partial charge in [-0.05, 0) is 122 Å². The molecule has 0 radical (unpaired) electrons. The van der Waals surface area contributed by atoms with Gasteiger partial charge in [-0.1, -0.05) is 48.5 Å². The van der Waals surface area contributed by atoms with Crippen LogP contribution in [0.1, 0.15) is 36.1 Å². The highest BCUT2D eigenvalue weighted by Crippen LogP contribution is 2.32. The van der Waals surface area contributed by atoms with Gasteiger partial charge in [-0.3, -0.25) is 30.0 Å². The summed E-state index contributed by atoms with van der Waals surface area (Å²) in [6.07, 6.45) is 2.93. The van der Waals surface area contributed by atoms with Crippen LogP contribution >= 0.6 is 0 Å². The molecule has 2 aliphatic carbocycles. The number of hydrogen-bond donors (Lipinski definition) is 6. The summed E-state index contributed by atoms with van der Waals surface area (Å²) in [6.45, 7) is 3.85. The Morgan fingerprint density at radius 3 is 1.26 bits per heavy atom. The second kappa shape index (κ2) is 23.5. The second-order valence-corrected chi connectivity index (χ2v) is 20.0. The normalized spacial score (nSPS) is 14.2. The Hall–Kier alpha value is -8.96. The molecule has 0 heterocycles. The van der Waals surface area contributed by atoms with Gasteiger partial charge in [0.2, 0.25) is 31.6 Å². The molecule has 2 aliphatic rings. The molecule has 0 atom stereocenters. The van der Waals surface area contributed by atoms with Crippen molar-refractivity contribution in [1.29, 1.82) is 0 Å². The molecule has 0 unspecified atom stereocenters. The SMILES string of the molecule is CCOc1ccc(NC(=O)C2=Cc3ccccc3/C(=N/Nc3cc(S(=O)(=O)NCCNS(=O)(=O)c4ccc(OC)c(N/N=C5\C(=O)C(C(=O)Nc6ccc(OCC)cc6)=Cc6ccccc65)c4)ccc3OC)C2=O)cc1. The molecule has 0 bridgehead atoms. The summed E-state index contributed by atoms with van der Waals surface area (Å²) < 4.78 is 81.1. The number of carbonyl (C=O) groups is 4. The first-order valence-corrected chi connectivity index (χ1v) is 26.4. The minimum atomic E-state index is -4.31. The van der Waals surface area contributed by atoms with E-state index in [0.717, 1.165) is 0 Å². The van der Waals surface area contributed by atoms with E-state index in [1.165, 1.54) is 62.8 Å². The lowest BCUT2D eigenvalue weighted by atomic mass is 9.89. The van der Waals surface area contributed by atoms with E-state index in [2.05, 4.69) is 41.1 Å². The van der Waals surface area contributed by atoms with E-state index in [1.54, 1.807) is 97.1 Å². The highest BCUT2D eigenvalue weighted by atomic mass is 32.2. The first-order chi connectivity index (χ1) is 36.6. The fourth-order valence-electron chi connectivity index (χ4n) is 7.83. The number of ether oxygens (including phenoxy) is 4. The average Bonchev–Trinajstić information content (AvgIpc) is 3.42.